The summed E-state index contributed by atoms with van der Waals surface area (Å²) in [5, 5.41) is 11.0. The van der Waals surface area contributed by atoms with Crippen molar-refractivity contribution >= 4 is 11.8 Å². The largest absolute Gasteiger partial charge is 0.389 e. The Hall–Kier alpha value is -1.99. The van der Waals surface area contributed by atoms with Gasteiger partial charge in [0, 0.05) is 58.2 Å². The van der Waals surface area contributed by atoms with E-state index in [1.807, 2.05) is 4.90 Å². The van der Waals surface area contributed by atoms with Crippen LogP contribution in [0.5, 0.6) is 0 Å². The van der Waals surface area contributed by atoms with Crippen LogP contribution in [0.2, 0.25) is 0 Å². The zero-order valence-corrected chi connectivity index (χ0v) is 16.7. The molecule has 2 aliphatic rings. The van der Waals surface area contributed by atoms with Crippen molar-refractivity contribution in [3.63, 3.8) is 0 Å². The molecule has 2 heterocycles. The topological polar surface area (TPSA) is 64.1 Å². The van der Waals surface area contributed by atoms with E-state index < -0.39 is 5.60 Å². The summed E-state index contributed by atoms with van der Waals surface area (Å²) in [5.41, 5.74) is -0.150. The van der Waals surface area contributed by atoms with Crippen molar-refractivity contribution in [2.24, 2.45) is 5.92 Å². The number of carbonyl (C=O) groups excluding carboxylic acids is 2. The van der Waals surface area contributed by atoms with Gasteiger partial charge in [-0.2, -0.15) is 0 Å². The van der Waals surface area contributed by atoms with Crippen molar-refractivity contribution < 1.29 is 19.1 Å². The van der Waals surface area contributed by atoms with E-state index in [9.17, 15) is 19.1 Å². The van der Waals surface area contributed by atoms with E-state index in [4.69, 9.17) is 0 Å². The number of carbonyl (C=O) groups is 2. The average molecular weight is 391 g/mol. The number of ketones is 1. The molecular weight excluding hydrogens is 361 g/mol. The van der Waals surface area contributed by atoms with Crippen LogP contribution in [0.4, 0.5) is 9.18 Å². The Morgan fingerprint density at radius 1 is 1.18 bits per heavy atom. The summed E-state index contributed by atoms with van der Waals surface area (Å²) in [6, 6.07) is 5.66. The van der Waals surface area contributed by atoms with Gasteiger partial charge in [-0.1, -0.05) is 0 Å². The van der Waals surface area contributed by atoms with Crippen molar-refractivity contribution in [1.29, 1.82) is 0 Å². The van der Waals surface area contributed by atoms with Gasteiger partial charge in [-0.05, 0) is 50.1 Å². The second kappa shape index (κ2) is 8.57. The number of Topliss-reactive ketones (excluding diaryl/α,β-unsaturated/α-hetero) is 1. The Bertz CT molecular complexity index is 709. The molecule has 6 nitrogen and oxygen atoms in total. The van der Waals surface area contributed by atoms with Gasteiger partial charge in [0.25, 0.3) is 0 Å². The number of fused-ring (bicyclic) bond motifs is 1. The Labute approximate surface area is 165 Å². The highest BCUT2D eigenvalue weighted by molar-refractivity contribution is 5.95. The highest BCUT2D eigenvalue weighted by atomic mass is 19.1. The monoisotopic (exact) mass is 391 g/mol. The molecule has 0 aromatic heterocycles. The van der Waals surface area contributed by atoms with Crippen LogP contribution in [0.1, 0.15) is 36.0 Å². The van der Waals surface area contributed by atoms with Gasteiger partial charge in [-0.3, -0.25) is 4.79 Å². The molecule has 154 valence electrons. The first-order valence-electron chi connectivity index (χ1n) is 9.98. The minimum Gasteiger partial charge on any atom is -0.389 e. The fourth-order valence-corrected chi connectivity index (χ4v) is 4.27. The smallest absolute Gasteiger partial charge is 0.319 e. The molecule has 0 radical (unpaired) electrons. The van der Waals surface area contributed by atoms with Crippen LogP contribution in [0.15, 0.2) is 24.3 Å². The Kier molecular flexibility index (Phi) is 6.35. The zero-order valence-electron chi connectivity index (χ0n) is 16.7. The molecular formula is C21H30FN3O3. The van der Waals surface area contributed by atoms with Gasteiger partial charge in [0.15, 0.2) is 5.78 Å². The molecule has 0 bridgehead atoms. The summed E-state index contributed by atoms with van der Waals surface area (Å²) in [7, 11) is 3.49. The Morgan fingerprint density at radius 2 is 1.86 bits per heavy atom. The molecule has 1 aromatic rings. The van der Waals surface area contributed by atoms with E-state index in [2.05, 4.69) is 4.90 Å². The van der Waals surface area contributed by atoms with Gasteiger partial charge < -0.3 is 19.8 Å². The number of benzene rings is 1. The first-order chi connectivity index (χ1) is 13.3. The second-order valence-electron chi connectivity index (χ2n) is 8.26. The summed E-state index contributed by atoms with van der Waals surface area (Å²) < 4.78 is 13.0. The molecule has 0 spiro atoms. The molecule has 28 heavy (non-hydrogen) atoms. The third-order valence-electron chi connectivity index (χ3n) is 6.05. The number of hydrogen-bond donors (Lipinski definition) is 1. The van der Waals surface area contributed by atoms with E-state index in [1.165, 1.54) is 24.3 Å². The SMILES string of the molecule is CN(C)C(=O)N1CC[C@@]2(O)CCN(CCCC(=O)c3ccc(F)cc3)C[C@H]2C1. The highest BCUT2D eigenvalue weighted by Crippen LogP contribution is 2.35. The predicted octanol–water partition coefficient (Wildman–Crippen LogP) is 2.23. The lowest BCUT2D eigenvalue weighted by atomic mass is 9.75. The summed E-state index contributed by atoms with van der Waals surface area (Å²) >= 11 is 0. The van der Waals surface area contributed by atoms with Gasteiger partial charge >= 0.3 is 6.03 Å². The summed E-state index contributed by atoms with van der Waals surface area (Å²) in [5.74, 6) is -0.285. The normalized spacial score (nSPS) is 25.3. The number of likely N-dealkylation sites (tertiary alicyclic amines) is 2. The number of hydrogen-bond acceptors (Lipinski definition) is 4. The van der Waals surface area contributed by atoms with Gasteiger partial charge in [0.05, 0.1) is 5.60 Å². The molecule has 0 aliphatic carbocycles. The molecule has 2 amide bonds. The number of amides is 2. The first kappa shape index (κ1) is 20.7. The predicted molar refractivity (Wildman–Crippen MR) is 105 cm³/mol. The van der Waals surface area contributed by atoms with Crippen molar-refractivity contribution in [2.45, 2.75) is 31.3 Å². The summed E-state index contributed by atoms with van der Waals surface area (Å²) in [6.45, 7) is 3.48. The lowest BCUT2D eigenvalue weighted by Crippen LogP contribution is -2.61. The fraction of sp³-hybridized carbons (Fsp3) is 0.619. The summed E-state index contributed by atoms with van der Waals surface area (Å²) in [6.07, 6.45) is 2.46. The number of urea groups is 1. The van der Waals surface area contributed by atoms with Crippen molar-refractivity contribution in [2.75, 3.05) is 46.8 Å². The van der Waals surface area contributed by atoms with Gasteiger partial charge in [-0.25, -0.2) is 9.18 Å². The second-order valence-corrected chi connectivity index (χ2v) is 8.26. The molecule has 0 unspecified atom stereocenters. The van der Waals surface area contributed by atoms with Crippen molar-refractivity contribution in [1.82, 2.24) is 14.7 Å². The number of halogens is 1. The molecule has 2 fully saturated rings. The molecule has 2 saturated heterocycles. The maximum absolute atomic E-state index is 13.0. The van der Waals surface area contributed by atoms with Crippen molar-refractivity contribution in [3.05, 3.63) is 35.6 Å². The lowest BCUT2D eigenvalue weighted by Gasteiger charge is -2.50. The molecule has 0 saturated carbocycles. The molecule has 3 rings (SSSR count). The molecule has 7 heteroatoms. The van der Waals surface area contributed by atoms with E-state index in [0.29, 0.717) is 37.9 Å². The van der Waals surface area contributed by atoms with Crippen LogP contribution in [-0.2, 0) is 0 Å². The average Bonchev–Trinajstić information content (AvgIpc) is 2.67. The molecule has 1 N–H and O–H groups in total. The van der Waals surface area contributed by atoms with E-state index in [0.717, 1.165) is 26.1 Å². The van der Waals surface area contributed by atoms with E-state index in [-0.39, 0.29) is 23.5 Å². The number of nitrogens with zero attached hydrogens (tertiary/aromatic N) is 3. The summed E-state index contributed by atoms with van der Waals surface area (Å²) in [4.78, 5) is 30.2. The fourth-order valence-electron chi connectivity index (χ4n) is 4.27. The maximum Gasteiger partial charge on any atom is 0.319 e. The minimum atomic E-state index is -0.691. The van der Waals surface area contributed by atoms with Gasteiger partial charge in [0.1, 0.15) is 5.82 Å². The number of rotatable bonds is 5. The molecule has 2 atom stereocenters. The molecule has 2 aliphatic heterocycles. The van der Waals surface area contributed by atoms with E-state index >= 15 is 0 Å². The third-order valence-corrected chi connectivity index (χ3v) is 6.05. The maximum atomic E-state index is 13.0. The third kappa shape index (κ3) is 4.70. The van der Waals surface area contributed by atoms with Gasteiger partial charge in [-0.15, -0.1) is 0 Å². The van der Waals surface area contributed by atoms with Gasteiger partial charge in [0.2, 0.25) is 0 Å². The van der Waals surface area contributed by atoms with E-state index in [1.54, 1.807) is 19.0 Å². The Balaban J connectivity index is 1.49. The van der Waals surface area contributed by atoms with Crippen LogP contribution in [0, 0.1) is 11.7 Å². The lowest BCUT2D eigenvalue weighted by molar-refractivity contribution is -0.107. The Morgan fingerprint density at radius 3 is 2.54 bits per heavy atom. The standard InChI is InChI=1S/C21H30FN3O3/c1-23(2)20(27)25-13-10-21(28)9-12-24(14-17(21)15-25)11-3-4-19(26)16-5-7-18(22)8-6-16/h5-8,17,28H,3-4,9-15H2,1-2H3/t17-,21-/m0/s1. The van der Waals surface area contributed by atoms with Crippen LogP contribution in [0.25, 0.3) is 0 Å². The zero-order chi connectivity index (χ0) is 20.3. The first-order valence-corrected chi connectivity index (χ1v) is 9.98. The quantitative estimate of drug-likeness (QED) is 0.782. The van der Waals surface area contributed by atoms with Crippen LogP contribution < -0.4 is 0 Å². The number of aliphatic hydroxyl groups is 1. The van der Waals surface area contributed by atoms with Crippen LogP contribution in [-0.4, -0.2) is 84.0 Å². The van der Waals surface area contributed by atoms with Crippen LogP contribution in [0.3, 0.4) is 0 Å². The molecule has 1 aromatic carbocycles. The number of piperidine rings is 2. The van der Waals surface area contributed by atoms with Crippen molar-refractivity contribution in [3.8, 4) is 0 Å². The minimum absolute atomic E-state index is 0.0101. The highest BCUT2D eigenvalue weighted by Gasteiger charge is 2.45. The van der Waals surface area contributed by atoms with Crippen LogP contribution >= 0.6 is 0 Å².